The van der Waals surface area contributed by atoms with Crippen LogP contribution in [0.15, 0.2) is 48.5 Å². The van der Waals surface area contributed by atoms with E-state index in [2.05, 4.69) is 52.4 Å². The lowest BCUT2D eigenvalue weighted by Gasteiger charge is -2.03. The summed E-state index contributed by atoms with van der Waals surface area (Å²) in [4.78, 5) is 12.2. The summed E-state index contributed by atoms with van der Waals surface area (Å²) in [6.45, 7) is 0.690. The van der Waals surface area contributed by atoms with Crippen molar-refractivity contribution in [3.63, 3.8) is 0 Å². The minimum absolute atomic E-state index is 0.103. The molecule has 0 bridgehead atoms. The van der Waals surface area contributed by atoms with Crippen LogP contribution in [-0.2, 0) is 0 Å². The van der Waals surface area contributed by atoms with E-state index in [0.29, 0.717) is 12.2 Å². The van der Waals surface area contributed by atoms with Crippen molar-refractivity contribution in [2.24, 2.45) is 0 Å². The molecule has 0 unspecified atom stereocenters. The standard InChI is InChI=1S/C20H23N3OS/c24-20(21-11-5-1-2-6-12-25)19-14-18(22-23-19)17-10-9-15-7-3-4-8-16(15)13-17/h3-4,7-10,13-14,25H,1-2,5-6,11-12H2,(H,21,24)(H,22,23). The molecule has 25 heavy (non-hydrogen) atoms. The molecule has 0 spiro atoms. The Morgan fingerprint density at radius 1 is 1.00 bits per heavy atom. The lowest BCUT2D eigenvalue weighted by atomic mass is 10.1. The van der Waals surface area contributed by atoms with E-state index < -0.39 is 0 Å². The van der Waals surface area contributed by atoms with Crippen molar-refractivity contribution in [1.29, 1.82) is 0 Å². The quantitative estimate of drug-likeness (QED) is 0.414. The third-order valence-electron chi connectivity index (χ3n) is 4.24. The van der Waals surface area contributed by atoms with Crippen LogP contribution in [0.5, 0.6) is 0 Å². The zero-order valence-electron chi connectivity index (χ0n) is 14.2. The highest BCUT2D eigenvalue weighted by atomic mass is 32.1. The van der Waals surface area contributed by atoms with Crippen LogP contribution in [0.4, 0.5) is 0 Å². The fraction of sp³-hybridized carbons (Fsp3) is 0.300. The van der Waals surface area contributed by atoms with Crippen LogP contribution < -0.4 is 5.32 Å². The van der Waals surface area contributed by atoms with Gasteiger partial charge in [0, 0.05) is 12.1 Å². The minimum atomic E-state index is -0.103. The molecule has 0 aliphatic heterocycles. The molecule has 3 aromatic rings. The number of H-pyrrole nitrogens is 1. The Kier molecular flexibility index (Phi) is 6.12. The number of nitrogens with one attached hydrogen (secondary N) is 2. The van der Waals surface area contributed by atoms with E-state index in [-0.39, 0.29) is 5.91 Å². The van der Waals surface area contributed by atoms with E-state index in [1.165, 1.54) is 5.39 Å². The van der Waals surface area contributed by atoms with Crippen LogP contribution in [0.3, 0.4) is 0 Å². The first-order valence-corrected chi connectivity index (χ1v) is 9.35. The number of nitrogens with zero attached hydrogens (tertiary/aromatic N) is 1. The number of carbonyl (C=O) groups is 1. The average molecular weight is 353 g/mol. The largest absolute Gasteiger partial charge is 0.351 e. The van der Waals surface area contributed by atoms with Gasteiger partial charge < -0.3 is 5.32 Å². The van der Waals surface area contributed by atoms with Gasteiger partial charge in [-0.05, 0) is 41.5 Å². The number of unbranched alkanes of at least 4 members (excludes halogenated alkanes) is 3. The molecule has 4 nitrogen and oxygen atoms in total. The van der Waals surface area contributed by atoms with Gasteiger partial charge in [0.25, 0.3) is 5.91 Å². The SMILES string of the molecule is O=C(NCCCCCCS)c1cc(-c2ccc3ccccc3c2)n[nH]1. The Balaban J connectivity index is 1.60. The summed E-state index contributed by atoms with van der Waals surface area (Å²) in [5, 5.41) is 12.4. The van der Waals surface area contributed by atoms with Crippen LogP contribution in [0, 0.1) is 0 Å². The Morgan fingerprint density at radius 3 is 2.64 bits per heavy atom. The first-order chi connectivity index (χ1) is 12.3. The Hall–Kier alpha value is -2.27. The van der Waals surface area contributed by atoms with Crippen molar-refractivity contribution in [1.82, 2.24) is 15.5 Å². The molecule has 5 heteroatoms. The summed E-state index contributed by atoms with van der Waals surface area (Å²) in [5.41, 5.74) is 2.28. The monoisotopic (exact) mass is 353 g/mol. The first-order valence-electron chi connectivity index (χ1n) is 8.71. The number of aromatic amines is 1. The summed E-state index contributed by atoms with van der Waals surface area (Å²) in [6.07, 6.45) is 4.40. The fourth-order valence-electron chi connectivity index (χ4n) is 2.82. The zero-order valence-corrected chi connectivity index (χ0v) is 15.1. The molecule has 3 rings (SSSR count). The van der Waals surface area contributed by atoms with Crippen molar-refractivity contribution in [3.05, 3.63) is 54.2 Å². The van der Waals surface area contributed by atoms with Gasteiger partial charge in [0.15, 0.2) is 0 Å². The molecule has 0 atom stereocenters. The van der Waals surface area contributed by atoms with Crippen LogP contribution in [0.1, 0.15) is 36.2 Å². The van der Waals surface area contributed by atoms with Crippen LogP contribution >= 0.6 is 12.6 Å². The van der Waals surface area contributed by atoms with Gasteiger partial charge in [0.05, 0.1) is 5.69 Å². The summed E-state index contributed by atoms with van der Waals surface area (Å²) in [5.74, 6) is 0.826. The summed E-state index contributed by atoms with van der Waals surface area (Å²) < 4.78 is 0. The second-order valence-corrected chi connectivity index (χ2v) is 6.57. The molecule has 2 N–H and O–H groups in total. The van der Waals surface area contributed by atoms with Crippen molar-refractivity contribution < 1.29 is 4.79 Å². The smallest absolute Gasteiger partial charge is 0.269 e. The van der Waals surface area contributed by atoms with Crippen molar-refractivity contribution in [3.8, 4) is 11.3 Å². The Labute approximate surface area is 153 Å². The lowest BCUT2D eigenvalue weighted by Crippen LogP contribution is -2.24. The molecule has 0 aliphatic rings. The van der Waals surface area contributed by atoms with Gasteiger partial charge in [-0.3, -0.25) is 9.89 Å². The zero-order chi connectivity index (χ0) is 17.5. The predicted molar refractivity (Wildman–Crippen MR) is 106 cm³/mol. The van der Waals surface area contributed by atoms with Gasteiger partial charge in [-0.15, -0.1) is 0 Å². The Morgan fingerprint density at radius 2 is 1.80 bits per heavy atom. The van der Waals surface area contributed by atoms with Gasteiger partial charge in [0.1, 0.15) is 5.69 Å². The minimum Gasteiger partial charge on any atom is -0.351 e. The number of benzene rings is 2. The summed E-state index contributed by atoms with van der Waals surface area (Å²) >= 11 is 4.20. The van der Waals surface area contributed by atoms with E-state index in [1.54, 1.807) is 6.07 Å². The number of thiol groups is 1. The van der Waals surface area contributed by atoms with Gasteiger partial charge in [-0.1, -0.05) is 49.2 Å². The topological polar surface area (TPSA) is 57.8 Å². The van der Waals surface area contributed by atoms with Gasteiger partial charge in [-0.25, -0.2) is 0 Å². The predicted octanol–water partition coefficient (Wildman–Crippen LogP) is 4.45. The molecule has 0 saturated heterocycles. The number of aromatic nitrogens is 2. The number of hydrogen-bond acceptors (Lipinski definition) is 3. The first kappa shape index (κ1) is 17.5. The summed E-state index contributed by atoms with van der Waals surface area (Å²) in [7, 11) is 0. The van der Waals surface area contributed by atoms with Gasteiger partial charge in [-0.2, -0.15) is 17.7 Å². The molecule has 2 aromatic carbocycles. The molecule has 1 aromatic heterocycles. The highest BCUT2D eigenvalue weighted by Crippen LogP contribution is 2.23. The average Bonchev–Trinajstić information content (AvgIpc) is 3.14. The number of rotatable bonds is 8. The van der Waals surface area contributed by atoms with E-state index in [0.717, 1.165) is 48.1 Å². The van der Waals surface area contributed by atoms with Crippen molar-refractivity contribution in [2.45, 2.75) is 25.7 Å². The molecule has 0 saturated carbocycles. The Bertz CT molecular complexity index is 844. The van der Waals surface area contributed by atoms with E-state index >= 15 is 0 Å². The second-order valence-electron chi connectivity index (χ2n) is 6.12. The number of hydrogen-bond donors (Lipinski definition) is 3. The van der Waals surface area contributed by atoms with E-state index in [1.807, 2.05) is 18.2 Å². The number of amides is 1. The fourth-order valence-corrected chi connectivity index (χ4v) is 3.05. The van der Waals surface area contributed by atoms with Crippen LogP contribution in [-0.4, -0.2) is 28.4 Å². The maximum atomic E-state index is 12.2. The van der Waals surface area contributed by atoms with Crippen LogP contribution in [0.2, 0.25) is 0 Å². The molecule has 0 aliphatic carbocycles. The number of carbonyl (C=O) groups excluding carboxylic acids is 1. The molecule has 0 fully saturated rings. The van der Waals surface area contributed by atoms with Crippen LogP contribution in [0.25, 0.3) is 22.0 Å². The highest BCUT2D eigenvalue weighted by molar-refractivity contribution is 7.80. The second kappa shape index (κ2) is 8.72. The van der Waals surface area contributed by atoms with Crippen molar-refractivity contribution >= 4 is 29.3 Å². The molecule has 0 radical (unpaired) electrons. The lowest BCUT2D eigenvalue weighted by molar-refractivity contribution is 0.0948. The van der Waals surface area contributed by atoms with Gasteiger partial charge in [0.2, 0.25) is 0 Å². The number of fused-ring (bicyclic) bond motifs is 1. The van der Waals surface area contributed by atoms with E-state index in [4.69, 9.17) is 0 Å². The maximum absolute atomic E-state index is 12.2. The molecule has 1 heterocycles. The molecular formula is C20H23N3OS. The normalized spacial score (nSPS) is 10.9. The maximum Gasteiger partial charge on any atom is 0.269 e. The van der Waals surface area contributed by atoms with Crippen molar-refractivity contribution in [2.75, 3.05) is 12.3 Å². The molecular weight excluding hydrogens is 330 g/mol. The van der Waals surface area contributed by atoms with E-state index in [9.17, 15) is 4.79 Å². The molecule has 1 amide bonds. The third kappa shape index (κ3) is 4.63. The highest BCUT2D eigenvalue weighted by Gasteiger charge is 2.10. The van der Waals surface area contributed by atoms with Gasteiger partial charge >= 0.3 is 0 Å². The molecule has 130 valence electrons. The third-order valence-corrected chi connectivity index (χ3v) is 4.55. The summed E-state index contributed by atoms with van der Waals surface area (Å²) in [6, 6.07) is 16.2.